The van der Waals surface area contributed by atoms with Crippen LogP contribution in [0.4, 0.5) is 5.13 Å². The van der Waals surface area contributed by atoms with Gasteiger partial charge < -0.3 is 10.4 Å². The maximum Gasteiger partial charge on any atom is 0.327 e. The Balaban J connectivity index is 2.02. The molecule has 1 aromatic heterocycles. The Morgan fingerprint density at radius 1 is 1.44 bits per heavy atom. The lowest BCUT2D eigenvalue weighted by Gasteiger charge is -2.15. The fraction of sp³-hybridized carbons (Fsp3) is 0.571. The molecule has 2 atom stereocenters. The summed E-state index contributed by atoms with van der Waals surface area (Å²) < 4.78 is 0. The summed E-state index contributed by atoms with van der Waals surface area (Å²) in [5.74, 6) is -2.48. The van der Waals surface area contributed by atoms with E-state index in [0.29, 0.717) is 0 Å². The van der Waals surface area contributed by atoms with Gasteiger partial charge in [0.1, 0.15) is 11.0 Å². The van der Waals surface area contributed by atoms with E-state index < -0.39 is 29.1 Å². The maximum absolute atomic E-state index is 12.5. The topological polar surface area (TPSA) is 130 Å². The summed E-state index contributed by atoms with van der Waals surface area (Å²) in [7, 11) is 0. The summed E-state index contributed by atoms with van der Waals surface area (Å²) in [4.78, 5) is 47.8. The average molecular weight is 386 g/mol. The average Bonchev–Trinajstić information content (AvgIpc) is 3.08. The minimum absolute atomic E-state index is 0.0103. The van der Waals surface area contributed by atoms with Crippen molar-refractivity contribution in [2.75, 3.05) is 10.7 Å². The molecule has 0 aromatic carbocycles. The SMILES string of the molecule is CCCc1nnc(N2C(=O)CC(SCC(NC(C)=O)C(=O)O)C2=O)s1. The second-order valence-electron chi connectivity index (χ2n) is 5.41. The molecule has 0 radical (unpaired) electrons. The first-order valence-corrected chi connectivity index (χ1v) is 9.50. The quantitative estimate of drug-likeness (QED) is 0.616. The van der Waals surface area contributed by atoms with Gasteiger partial charge >= 0.3 is 5.97 Å². The van der Waals surface area contributed by atoms with Crippen LogP contribution in [0.2, 0.25) is 0 Å². The minimum Gasteiger partial charge on any atom is -0.480 e. The summed E-state index contributed by atoms with van der Waals surface area (Å²) in [5.41, 5.74) is 0. The Hall–Kier alpha value is -2.01. The van der Waals surface area contributed by atoms with Crippen molar-refractivity contribution in [1.29, 1.82) is 0 Å². The molecule has 0 aliphatic carbocycles. The van der Waals surface area contributed by atoms with E-state index in [1.54, 1.807) is 0 Å². The molecule has 2 N–H and O–H groups in total. The van der Waals surface area contributed by atoms with Crippen molar-refractivity contribution in [2.24, 2.45) is 0 Å². The molecule has 11 heteroatoms. The smallest absolute Gasteiger partial charge is 0.327 e. The van der Waals surface area contributed by atoms with E-state index in [1.807, 2.05) is 6.92 Å². The van der Waals surface area contributed by atoms with Crippen molar-refractivity contribution >= 4 is 51.9 Å². The minimum atomic E-state index is -1.19. The predicted octanol–water partition coefficient (Wildman–Crippen LogP) is 0.445. The Kier molecular flexibility index (Phi) is 6.48. The molecule has 25 heavy (non-hydrogen) atoms. The lowest BCUT2D eigenvalue weighted by atomic mass is 10.3. The molecule has 0 spiro atoms. The third-order valence-electron chi connectivity index (χ3n) is 3.36. The number of aliphatic carboxylic acids is 1. The standard InChI is InChI=1S/C14H18N4O5S2/c1-3-4-10-16-17-14(25-10)18-11(20)5-9(12(18)21)24-6-8(13(22)23)15-7(2)19/h8-9H,3-6H2,1-2H3,(H,15,19)(H,22,23). The highest BCUT2D eigenvalue weighted by Crippen LogP contribution is 2.31. The van der Waals surface area contributed by atoms with Crippen LogP contribution in [-0.2, 0) is 25.6 Å². The molecule has 136 valence electrons. The van der Waals surface area contributed by atoms with Gasteiger partial charge in [0.05, 0.1) is 5.25 Å². The van der Waals surface area contributed by atoms with Crippen LogP contribution in [-0.4, -0.2) is 56.0 Å². The van der Waals surface area contributed by atoms with E-state index in [1.165, 1.54) is 18.3 Å². The number of carboxylic acids is 1. The molecule has 0 saturated carbocycles. The van der Waals surface area contributed by atoms with E-state index in [-0.39, 0.29) is 23.2 Å². The van der Waals surface area contributed by atoms with Crippen molar-refractivity contribution in [3.05, 3.63) is 5.01 Å². The number of hydrogen-bond donors (Lipinski definition) is 2. The van der Waals surface area contributed by atoms with Crippen molar-refractivity contribution in [1.82, 2.24) is 15.5 Å². The molecule has 2 heterocycles. The lowest BCUT2D eigenvalue weighted by Crippen LogP contribution is -2.42. The zero-order chi connectivity index (χ0) is 18.6. The van der Waals surface area contributed by atoms with Crippen LogP contribution in [0.3, 0.4) is 0 Å². The number of carboxylic acid groups (broad SMARTS) is 1. The molecule has 1 aliphatic rings. The Labute approximate surface area is 152 Å². The van der Waals surface area contributed by atoms with Gasteiger partial charge in [0.25, 0.3) is 0 Å². The van der Waals surface area contributed by atoms with Crippen molar-refractivity contribution in [3.63, 3.8) is 0 Å². The molecule has 9 nitrogen and oxygen atoms in total. The monoisotopic (exact) mass is 386 g/mol. The first-order chi connectivity index (χ1) is 11.8. The molecule has 0 bridgehead atoms. The highest BCUT2D eigenvalue weighted by Gasteiger charge is 2.42. The van der Waals surface area contributed by atoms with Crippen LogP contribution < -0.4 is 10.2 Å². The number of aryl methyl sites for hydroxylation is 1. The maximum atomic E-state index is 12.5. The van der Waals surface area contributed by atoms with Crippen LogP contribution in [0.25, 0.3) is 0 Å². The van der Waals surface area contributed by atoms with Gasteiger partial charge in [-0.1, -0.05) is 18.3 Å². The van der Waals surface area contributed by atoms with Gasteiger partial charge in [-0.3, -0.25) is 14.4 Å². The zero-order valence-corrected chi connectivity index (χ0v) is 15.4. The molecule has 1 fully saturated rings. The highest BCUT2D eigenvalue weighted by molar-refractivity contribution is 8.00. The first kappa shape index (κ1) is 19.3. The third kappa shape index (κ3) is 4.75. The lowest BCUT2D eigenvalue weighted by molar-refractivity contribution is -0.140. The number of anilines is 1. The number of amides is 3. The summed E-state index contributed by atoms with van der Waals surface area (Å²) in [6.07, 6.45) is 1.58. The summed E-state index contributed by atoms with van der Waals surface area (Å²) in [6, 6.07) is -1.11. The van der Waals surface area contributed by atoms with Gasteiger partial charge in [0.15, 0.2) is 0 Å². The van der Waals surface area contributed by atoms with Gasteiger partial charge in [-0.2, -0.15) is 0 Å². The second-order valence-corrected chi connectivity index (χ2v) is 7.69. The van der Waals surface area contributed by atoms with E-state index in [2.05, 4.69) is 15.5 Å². The molecule has 2 rings (SSSR count). The van der Waals surface area contributed by atoms with Crippen LogP contribution in [0.5, 0.6) is 0 Å². The van der Waals surface area contributed by atoms with Gasteiger partial charge in [-0.25, -0.2) is 9.69 Å². The Bertz CT molecular complexity index is 693. The van der Waals surface area contributed by atoms with Gasteiger partial charge in [-0.15, -0.1) is 22.0 Å². The number of carbonyl (C=O) groups excluding carboxylic acids is 3. The zero-order valence-electron chi connectivity index (χ0n) is 13.7. The Morgan fingerprint density at radius 3 is 2.76 bits per heavy atom. The number of rotatable bonds is 8. The third-order valence-corrected chi connectivity index (χ3v) is 5.62. The molecule has 1 aromatic rings. The number of nitrogens with one attached hydrogen (secondary N) is 1. The normalized spacial score (nSPS) is 18.5. The Morgan fingerprint density at radius 2 is 2.16 bits per heavy atom. The number of aromatic nitrogens is 2. The molecule has 2 unspecified atom stereocenters. The molecule has 1 aliphatic heterocycles. The molecule has 1 saturated heterocycles. The summed E-state index contributed by atoms with van der Waals surface area (Å²) in [6.45, 7) is 3.21. The predicted molar refractivity (Wildman–Crippen MR) is 92.5 cm³/mol. The van der Waals surface area contributed by atoms with Crippen LogP contribution in [0.15, 0.2) is 0 Å². The largest absolute Gasteiger partial charge is 0.480 e. The molecular weight excluding hydrogens is 368 g/mol. The van der Waals surface area contributed by atoms with E-state index in [4.69, 9.17) is 5.11 Å². The van der Waals surface area contributed by atoms with Crippen molar-refractivity contribution in [2.45, 2.75) is 44.4 Å². The number of imide groups is 1. The van der Waals surface area contributed by atoms with Crippen molar-refractivity contribution < 1.29 is 24.3 Å². The van der Waals surface area contributed by atoms with Crippen molar-refractivity contribution in [3.8, 4) is 0 Å². The number of thioether (sulfide) groups is 1. The first-order valence-electron chi connectivity index (χ1n) is 7.64. The second kappa shape index (κ2) is 8.39. The van der Waals surface area contributed by atoms with E-state index in [0.717, 1.165) is 34.5 Å². The molecule has 3 amide bonds. The molecular formula is C14H18N4O5S2. The van der Waals surface area contributed by atoms with Gasteiger partial charge in [-0.05, 0) is 6.42 Å². The fourth-order valence-electron chi connectivity index (χ4n) is 2.22. The highest BCUT2D eigenvalue weighted by atomic mass is 32.2. The summed E-state index contributed by atoms with van der Waals surface area (Å²) >= 11 is 2.24. The summed E-state index contributed by atoms with van der Waals surface area (Å²) in [5, 5.41) is 19.6. The fourth-order valence-corrected chi connectivity index (χ4v) is 4.34. The van der Waals surface area contributed by atoms with Gasteiger partial charge in [0, 0.05) is 25.5 Å². The number of hydrogen-bond acceptors (Lipinski definition) is 8. The van der Waals surface area contributed by atoms with Gasteiger partial charge in [0.2, 0.25) is 22.9 Å². The van der Waals surface area contributed by atoms with Crippen LogP contribution in [0.1, 0.15) is 31.7 Å². The van der Waals surface area contributed by atoms with Crippen LogP contribution >= 0.6 is 23.1 Å². The van der Waals surface area contributed by atoms with Crippen LogP contribution in [0, 0.1) is 0 Å². The number of nitrogens with zero attached hydrogens (tertiary/aromatic N) is 3. The number of carbonyl (C=O) groups is 4. The van der Waals surface area contributed by atoms with E-state index in [9.17, 15) is 19.2 Å². The van der Waals surface area contributed by atoms with E-state index >= 15 is 0 Å².